The summed E-state index contributed by atoms with van der Waals surface area (Å²) in [6, 6.07) is 5.34. The van der Waals surface area contributed by atoms with Crippen LogP contribution in [0.15, 0.2) is 29.1 Å². The zero-order valence-electron chi connectivity index (χ0n) is 14.7. The summed E-state index contributed by atoms with van der Waals surface area (Å²) in [5.74, 6) is 0.109. The quantitative estimate of drug-likeness (QED) is 0.615. The zero-order valence-corrected chi connectivity index (χ0v) is 14.7. The maximum atomic E-state index is 13.0. The summed E-state index contributed by atoms with van der Waals surface area (Å²) in [6.45, 7) is 7.17. The Bertz CT molecular complexity index is 840. The molecule has 7 nitrogen and oxygen atoms in total. The van der Waals surface area contributed by atoms with E-state index in [1.807, 2.05) is 6.92 Å². The van der Waals surface area contributed by atoms with Crippen LogP contribution in [0.4, 0.5) is 5.69 Å². The maximum Gasteiger partial charge on any atom is 0.270 e. The molecule has 0 aliphatic carbocycles. The first-order chi connectivity index (χ1) is 11.9. The highest BCUT2D eigenvalue weighted by Crippen LogP contribution is 2.23. The molecule has 0 aliphatic rings. The number of non-ortho nitro benzene ring substituents is 1. The molecule has 0 radical (unpaired) electrons. The van der Waals surface area contributed by atoms with Crippen LogP contribution >= 0.6 is 0 Å². The number of nitrogens with zero attached hydrogens (tertiary/aromatic N) is 2. The van der Waals surface area contributed by atoms with E-state index in [1.54, 1.807) is 4.90 Å². The number of pyridine rings is 1. The van der Waals surface area contributed by atoms with Gasteiger partial charge in [-0.3, -0.25) is 19.7 Å². The number of carbonyl (C=O) groups excluding carboxylic acids is 1. The molecule has 134 valence electrons. The number of amides is 1. The van der Waals surface area contributed by atoms with E-state index in [2.05, 4.69) is 18.8 Å². The Balaban J connectivity index is 2.53. The molecule has 0 bridgehead atoms. The highest BCUT2D eigenvalue weighted by Gasteiger charge is 2.21. The first-order valence-electron chi connectivity index (χ1n) is 8.51. The van der Waals surface area contributed by atoms with Gasteiger partial charge in [0.2, 0.25) is 5.56 Å². The minimum Gasteiger partial charge on any atom is -0.339 e. The molecule has 0 spiro atoms. The summed E-state index contributed by atoms with van der Waals surface area (Å²) in [7, 11) is 0. The lowest BCUT2D eigenvalue weighted by molar-refractivity contribution is -0.384. The van der Waals surface area contributed by atoms with Crippen molar-refractivity contribution in [2.45, 2.75) is 33.6 Å². The third-order valence-electron chi connectivity index (χ3n) is 4.57. The fourth-order valence-electron chi connectivity index (χ4n) is 2.92. The molecule has 7 heteroatoms. The molecular weight excluding hydrogens is 322 g/mol. The molecule has 1 aromatic heterocycles. The summed E-state index contributed by atoms with van der Waals surface area (Å²) in [5, 5.41) is 11.4. The summed E-state index contributed by atoms with van der Waals surface area (Å²) < 4.78 is 0. The Morgan fingerprint density at radius 1 is 1.24 bits per heavy atom. The molecule has 0 fully saturated rings. The molecule has 0 saturated carbocycles. The van der Waals surface area contributed by atoms with E-state index >= 15 is 0 Å². The number of aromatic amines is 1. The second kappa shape index (κ2) is 7.92. The van der Waals surface area contributed by atoms with Crippen molar-refractivity contribution in [1.82, 2.24) is 9.88 Å². The first kappa shape index (κ1) is 18.6. The van der Waals surface area contributed by atoms with E-state index in [-0.39, 0.29) is 17.2 Å². The normalized spacial score (nSPS) is 11.0. The Labute approximate surface area is 145 Å². The van der Waals surface area contributed by atoms with E-state index in [0.717, 1.165) is 12.8 Å². The molecule has 2 rings (SSSR count). The Kier molecular flexibility index (Phi) is 5.90. The molecule has 0 aliphatic heterocycles. The molecule has 1 aromatic carbocycles. The predicted molar refractivity (Wildman–Crippen MR) is 96.9 cm³/mol. The highest BCUT2D eigenvalue weighted by atomic mass is 16.6. The molecule has 1 heterocycles. The first-order valence-corrected chi connectivity index (χ1v) is 8.51. The second-order valence-corrected chi connectivity index (χ2v) is 6.06. The number of nitrogens with one attached hydrogen (secondary N) is 1. The molecule has 1 N–H and O–H groups in total. The molecular formula is C18H23N3O4. The van der Waals surface area contributed by atoms with Crippen molar-refractivity contribution in [2.75, 3.05) is 13.1 Å². The number of nitro benzene ring substituents is 1. The minimum atomic E-state index is -0.513. The summed E-state index contributed by atoms with van der Waals surface area (Å²) in [5.41, 5.74) is 0.107. The Morgan fingerprint density at radius 2 is 1.92 bits per heavy atom. The third kappa shape index (κ3) is 4.04. The summed E-state index contributed by atoms with van der Waals surface area (Å²) in [6.07, 6.45) is 1.92. The van der Waals surface area contributed by atoms with Crippen LogP contribution in [-0.4, -0.2) is 33.8 Å². The van der Waals surface area contributed by atoms with Gasteiger partial charge in [-0.15, -0.1) is 0 Å². The van der Waals surface area contributed by atoms with Gasteiger partial charge in [0.15, 0.2) is 0 Å². The van der Waals surface area contributed by atoms with Gasteiger partial charge in [0.05, 0.1) is 10.5 Å². The predicted octanol–water partition coefficient (Wildman–Crippen LogP) is 3.33. The van der Waals surface area contributed by atoms with Crippen LogP contribution in [0.2, 0.25) is 0 Å². The van der Waals surface area contributed by atoms with E-state index < -0.39 is 10.5 Å². The number of nitro groups is 1. The molecule has 2 aromatic rings. The second-order valence-electron chi connectivity index (χ2n) is 6.06. The zero-order chi connectivity index (χ0) is 18.6. The van der Waals surface area contributed by atoms with E-state index in [1.165, 1.54) is 24.3 Å². The van der Waals surface area contributed by atoms with E-state index in [9.17, 15) is 19.7 Å². The lowest BCUT2D eigenvalue weighted by atomic mass is 10.0. The average molecular weight is 345 g/mol. The van der Waals surface area contributed by atoms with Crippen molar-refractivity contribution >= 4 is 22.5 Å². The van der Waals surface area contributed by atoms with Crippen molar-refractivity contribution in [3.8, 4) is 0 Å². The number of aromatic nitrogens is 1. The summed E-state index contributed by atoms with van der Waals surface area (Å²) in [4.78, 5) is 39.8. The fraction of sp³-hybridized carbons (Fsp3) is 0.444. The van der Waals surface area contributed by atoms with Crippen LogP contribution in [0.5, 0.6) is 0 Å². The molecule has 0 atom stereocenters. The Hall–Kier alpha value is -2.70. The van der Waals surface area contributed by atoms with E-state index in [4.69, 9.17) is 0 Å². The van der Waals surface area contributed by atoms with Gasteiger partial charge in [0.1, 0.15) is 0 Å². The van der Waals surface area contributed by atoms with Crippen LogP contribution in [0.25, 0.3) is 10.9 Å². The van der Waals surface area contributed by atoms with Gasteiger partial charge < -0.3 is 9.88 Å². The van der Waals surface area contributed by atoms with Crippen molar-refractivity contribution in [3.05, 3.63) is 50.3 Å². The minimum absolute atomic E-state index is 0.114. The van der Waals surface area contributed by atoms with Crippen molar-refractivity contribution in [1.29, 1.82) is 0 Å². The number of rotatable bonds is 7. The number of hydrogen-bond acceptors (Lipinski definition) is 4. The standard InChI is InChI=1S/C18H23N3O4/c1-4-12(5-2)11-20(6-3)18(23)15-10-17(22)19-16-8-7-13(21(24)25)9-14(15)16/h7-10,12H,4-6,11H2,1-3H3,(H,19,22). The number of fused-ring (bicyclic) bond motifs is 1. The SMILES string of the molecule is CCC(CC)CN(CC)C(=O)c1cc(=O)[nH]c2ccc([N+](=O)[O-])cc12. The number of hydrogen-bond donors (Lipinski definition) is 1. The van der Waals surface area contributed by atoms with Crippen molar-refractivity contribution < 1.29 is 9.72 Å². The molecule has 0 unspecified atom stereocenters. The topological polar surface area (TPSA) is 96.3 Å². The van der Waals surface area contributed by atoms with Gasteiger partial charge >= 0.3 is 0 Å². The van der Waals surface area contributed by atoms with Gasteiger partial charge in [-0.2, -0.15) is 0 Å². The third-order valence-corrected chi connectivity index (χ3v) is 4.57. The van der Waals surface area contributed by atoms with Gasteiger partial charge in [-0.25, -0.2) is 0 Å². The molecule has 25 heavy (non-hydrogen) atoms. The van der Waals surface area contributed by atoms with Crippen LogP contribution in [0.3, 0.4) is 0 Å². The van der Waals surface area contributed by atoms with Crippen LogP contribution < -0.4 is 5.56 Å². The number of H-pyrrole nitrogens is 1. The van der Waals surface area contributed by atoms with E-state index in [0.29, 0.717) is 29.9 Å². The molecule has 1 amide bonds. The van der Waals surface area contributed by atoms with Gasteiger partial charge in [-0.1, -0.05) is 26.7 Å². The lowest BCUT2D eigenvalue weighted by Gasteiger charge is -2.26. The molecule has 0 saturated heterocycles. The van der Waals surface area contributed by atoms with Crippen LogP contribution in [0, 0.1) is 16.0 Å². The smallest absolute Gasteiger partial charge is 0.270 e. The average Bonchev–Trinajstić information content (AvgIpc) is 2.61. The van der Waals surface area contributed by atoms with Gasteiger partial charge in [-0.05, 0) is 18.9 Å². The van der Waals surface area contributed by atoms with Crippen molar-refractivity contribution in [3.63, 3.8) is 0 Å². The largest absolute Gasteiger partial charge is 0.339 e. The monoisotopic (exact) mass is 345 g/mol. The van der Waals surface area contributed by atoms with Gasteiger partial charge in [0.25, 0.3) is 11.6 Å². The Morgan fingerprint density at radius 3 is 2.48 bits per heavy atom. The van der Waals surface area contributed by atoms with Gasteiger partial charge in [0, 0.05) is 42.2 Å². The van der Waals surface area contributed by atoms with Crippen LogP contribution in [-0.2, 0) is 0 Å². The maximum absolute atomic E-state index is 13.0. The number of benzene rings is 1. The highest BCUT2D eigenvalue weighted by molar-refractivity contribution is 6.06. The van der Waals surface area contributed by atoms with Crippen LogP contribution in [0.1, 0.15) is 44.0 Å². The lowest BCUT2D eigenvalue weighted by Crippen LogP contribution is -2.35. The number of carbonyl (C=O) groups is 1. The summed E-state index contributed by atoms with van der Waals surface area (Å²) >= 11 is 0. The fourth-order valence-corrected chi connectivity index (χ4v) is 2.92. The van der Waals surface area contributed by atoms with Crippen molar-refractivity contribution in [2.24, 2.45) is 5.92 Å².